The summed E-state index contributed by atoms with van der Waals surface area (Å²) in [7, 11) is 0. The molecule has 7 heteroatoms. The topological polar surface area (TPSA) is 83.4 Å². The molecule has 1 fully saturated rings. The lowest BCUT2D eigenvalue weighted by Gasteiger charge is -2.12. The minimum Gasteiger partial charge on any atom is -0.459 e. The molecule has 2 amide bonds. The third-order valence-corrected chi connectivity index (χ3v) is 4.49. The highest BCUT2D eigenvalue weighted by Gasteiger charge is 2.15. The standard InChI is InChI=1S/C19H23N3O3.ClH/c1-13-4-5-15(18(23)21-9-7-14-6-8-20-12-14)11-16(13)22-19(24)17-3-2-10-25-17;/h2-5,10-11,14,20H,6-9,12H2,1H3,(H,21,23)(H,22,24);1H. The Morgan fingerprint density at radius 1 is 1.27 bits per heavy atom. The van der Waals surface area contributed by atoms with Crippen LogP contribution in [0.3, 0.4) is 0 Å². The number of hydrogen-bond donors (Lipinski definition) is 3. The summed E-state index contributed by atoms with van der Waals surface area (Å²) in [5.74, 6) is 0.416. The summed E-state index contributed by atoms with van der Waals surface area (Å²) in [5.41, 5.74) is 2.02. The second-order valence-corrected chi connectivity index (χ2v) is 6.36. The number of furan rings is 1. The van der Waals surface area contributed by atoms with E-state index >= 15 is 0 Å². The lowest BCUT2D eigenvalue weighted by molar-refractivity contribution is 0.0949. The molecule has 3 N–H and O–H groups in total. The van der Waals surface area contributed by atoms with Crippen LogP contribution in [0, 0.1) is 12.8 Å². The van der Waals surface area contributed by atoms with Gasteiger partial charge in [0.25, 0.3) is 11.8 Å². The lowest BCUT2D eigenvalue weighted by Crippen LogP contribution is -2.26. The number of hydrogen-bond acceptors (Lipinski definition) is 4. The molecule has 2 heterocycles. The summed E-state index contributed by atoms with van der Waals surface area (Å²) in [5, 5.41) is 9.07. The zero-order chi connectivity index (χ0) is 17.6. The van der Waals surface area contributed by atoms with Crippen LogP contribution in [-0.2, 0) is 0 Å². The van der Waals surface area contributed by atoms with E-state index in [1.807, 2.05) is 13.0 Å². The van der Waals surface area contributed by atoms with E-state index in [0.717, 1.165) is 25.1 Å². The number of carbonyl (C=O) groups excluding carboxylic acids is 2. The number of benzene rings is 1. The van der Waals surface area contributed by atoms with E-state index in [1.165, 1.54) is 12.7 Å². The Kier molecular flexibility index (Phi) is 7.24. The summed E-state index contributed by atoms with van der Waals surface area (Å²) in [4.78, 5) is 24.5. The van der Waals surface area contributed by atoms with Gasteiger partial charge in [-0.2, -0.15) is 0 Å². The van der Waals surface area contributed by atoms with E-state index in [0.29, 0.717) is 23.7 Å². The number of nitrogens with one attached hydrogen (secondary N) is 3. The first-order valence-electron chi connectivity index (χ1n) is 8.58. The monoisotopic (exact) mass is 377 g/mol. The van der Waals surface area contributed by atoms with E-state index < -0.39 is 0 Å². The molecule has 0 aliphatic carbocycles. The summed E-state index contributed by atoms with van der Waals surface area (Å²) in [6.45, 7) is 4.64. The average molecular weight is 378 g/mol. The molecule has 140 valence electrons. The van der Waals surface area contributed by atoms with Crippen LogP contribution in [-0.4, -0.2) is 31.4 Å². The minimum atomic E-state index is -0.334. The lowest BCUT2D eigenvalue weighted by atomic mass is 10.0. The number of aryl methyl sites for hydroxylation is 1. The Morgan fingerprint density at radius 3 is 2.81 bits per heavy atom. The van der Waals surface area contributed by atoms with Gasteiger partial charge in [0.2, 0.25) is 0 Å². The molecule has 1 unspecified atom stereocenters. The van der Waals surface area contributed by atoms with Crippen molar-refractivity contribution in [2.24, 2.45) is 5.92 Å². The smallest absolute Gasteiger partial charge is 0.291 e. The maximum absolute atomic E-state index is 12.3. The zero-order valence-corrected chi connectivity index (χ0v) is 15.5. The molecular weight excluding hydrogens is 354 g/mol. The fourth-order valence-corrected chi connectivity index (χ4v) is 2.94. The van der Waals surface area contributed by atoms with Gasteiger partial charge in [0.05, 0.1) is 6.26 Å². The van der Waals surface area contributed by atoms with Crippen LogP contribution in [0.4, 0.5) is 5.69 Å². The van der Waals surface area contributed by atoms with E-state index in [2.05, 4.69) is 16.0 Å². The van der Waals surface area contributed by atoms with Crippen molar-refractivity contribution in [1.82, 2.24) is 10.6 Å². The normalized spacial score (nSPS) is 16.0. The Morgan fingerprint density at radius 2 is 2.12 bits per heavy atom. The number of amides is 2. The molecule has 0 radical (unpaired) electrons. The number of halogens is 1. The molecule has 26 heavy (non-hydrogen) atoms. The van der Waals surface area contributed by atoms with Gasteiger partial charge in [-0.1, -0.05) is 6.07 Å². The quantitative estimate of drug-likeness (QED) is 0.722. The molecule has 0 saturated carbocycles. The average Bonchev–Trinajstić information content (AvgIpc) is 3.30. The van der Waals surface area contributed by atoms with Gasteiger partial charge < -0.3 is 20.4 Å². The molecule has 1 aromatic heterocycles. The molecular formula is C19H24ClN3O3. The first-order valence-corrected chi connectivity index (χ1v) is 8.58. The molecule has 1 aliphatic rings. The molecule has 1 aliphatic heterocycles. The fourth-order valence-electron chi connectivity index (χ4n) is 2.94. The van der Waals surface area contributed by atoms with Crippen LogP contribution in [0.1, 0.15) is 39.3 Å². The van der Waals surface area contributed by atoms with Crippen LogP contribution < -0.4 is 16.0 Å². The van der Waals surface area contributed by atoms with Gasteiger partial charge in [0, 0.05) is 17.8 Å². The highest BCUT2D eigenvalue weighted by atomic mass is 35.5. The van der Waals surface area contributed by atoms with Crippen LogP contribution in [0.2, 0.25) is 0 Å². The molecule has 0 spiro atoms. The van der Waals surface area contributed by atoms with Gasteiger partial charge in [0.15, 0.2) is 5.76 Å². The number of anilines is 1. The molecule has 6 nitrogen and oxygen atoms in total. The highest BCUT2D eigenvalue weighted by Crippen LogP contribution is 2.18. The zero-order valence-electron chi connectivity index (χ0n) is 14.7. The third-order valence-electron chi connectivity index (χ3n) is 4.49. The van der Waals surface area contributed by atoms with Crippen LogP contribution in [0.15, 0.2) is 41.0 Å². The van der Waals surface area contributed by atoms with Crippen molar-refractivity contribution in [1.29, 1.82) is 0 Å². The predicted octanol–water partition coefficient (Wildman–Crippen LogP) is 2.99. The van der Waals surface area contributed by atoms with E-state index in [-0.39, 0.29) is 30.0 Å². The van der Waals surface area contributed by atoms with Crippen molar-refractivity contribution >= 4 is 29.9 Å². The van der Waals surface area contributed by atoms with Crippen molar-refractivity contribution in [3.8, 4) is 0 Å². The van der Waals surface area contributed by atoms with Crippen molar-refractivity contribution in [2.45, 2.75) is 19.8 Å². The van der Waals surface area contributed by atoms with Crippen molar-refractivity contribution < 1.29 is 14.0 Å². The van der Waals surface area contributed by atoms with Crippen LogP contribution in [0.25, 0.3) is 0 Å². The van der Waals surface area contributed by atoms with E-state index in [9.17, 15) is 9.59 Å². The maximum Gasteiger partial charge on any atom is 0.291 e. The fraction of sp³-hybridized carbons (Fsp3) is 0.368. The van der Waals surface area contributed by atoms with Crippen molar-refractivity contribution in [3.05, 3.63) is 53.5 Å². The van der Waals surface area contributed by atoms with Crippen molar-refractivity contribution in [2.75, 3.05) is 25.0 Å². The summed E-state index contributed by atoms with van der Waals surface area (Å²) >= 11 is 0. The SMILES string of the molecule is Cc1ccc(C(=O)NCCC2CCNC2)cc1NC(=O)c1ccco1.Cl. The molecule has 1 aromatic carbocycles. The third kappa shape index (κ3) is 5.09. The van der Waals surface area contributed by atoms with Crippen molar-refractivity contribution in [3.63, 3.8) is 0 Å². The Labute approximate surface area is 159 Å². The molecule has 3 rings (SSSR count). The predicted molar refractivity (Wildman–Crippen MR) is 103 cm³/mol. The second kappa shape index (κ2) is 9.40. The summed E-state index contributed by atoms with van der Waals surface area (Å²) < 4.78 is 5.09. The Bertz CT molecular complexity index is 740. The first-order chi connectivity index (χ1) is 12.1. The van der Waals surface area contributed by atoms with Gasteiger partial charge in [-0.15, -0.1) is 12.4 Å². The highest BCUT2D eigenvalue weighted by molar-refractivity contribution is 6.03. The van der Waals surface area contributed by atoms with Gasteiger partial charge in [0.1, 0.15) is 0 Å². The van der Waals surface area contributed by atoms with E-state index in [1.54, 1.807) is 24.3 Å². The molecule has 1 saturated heterocycles. The van der Waals surface area contributed by atoms with E-state index in [4.69, 9.17) is 4.42 Å². The largest absolute Gasteiger partial charge is 0.459 e. The van der Waals surface area contributed by atoms with Gasteiger partial charge in [-0.05, 0) is 68.6 Å². The molecule has 2 aromatic rings. The molecule has 0 bridgehead atoms. The van der Waals surface area contributed by atoms with Gasteiger partial charge in [-0.25, -0.2) is 0 Å². The minimum absolute atomic E-state index is 0. The Hall–Kier alpha value is -2.31. The maximum atomic E-state index is 12.3. The first kappa shape index (κ1) is 20.0. The Balaban J connectivity index is 0.00000243. The number of carbonyl (C=O) groups is 2. The summed E-state index contributed by atoms with van der Waals surface area (Å²) in [6.07, 6.45) is 3.60. The van der Waals surface area contributed by atoms with Gasteiger partial charge >= 0.3 is 0 Å². The molecule has 1 atom stereocenters. The van der Waals surface area contributed by atoms with Gasteiger partial charge in [-0.3, -0.25) is 9.59 Å². The number of rotatable bonds is 6. The summed E-state index contributed by atoms with van der Waals surface area (Å²) in [6, 6.07) is 8.55. The second-order valence-electron chi connectivity index (χ2n) is 6.36. The van der Waals surface area contributed by atoms with Crippen LogP contribution in [0.5, 0.6) is 0 Å². The van der Waals surface area contributed by atoms with Crippen LogP contribution >= 0.6 is 12.4 Å².